The van der Waals surface area contributed by atoms with Crippen LogP contribution in [0.3, 0.4) is 0 Å². The first kappa shape index (κ1) is 7.73. The van der Waals surface area contributed by atoms with E-state index in [0.29, 0.717) is 23.7 Å². The van der Waals surface area contributed by atoms with Gasteiger partial charge in [-0.05, 0) is 11.1 Å². The lowest BCUT2D eigenvalue weighted by Crippen LogP contribution is -1.94. The van der Waals surface area contributed by atoms with Gasteiger partial charge in [0.1, 0.15) is 0 Å². The van der Waals surface area contributed by atoms with Crippen molar-refractivity contribution in [1.29, 1.82) is 0 Å². The van der Waals surface area contributed by atoms with E-state index in [-0.39, 0.29) is 0 Å². The highest BCUT2D eigenvalue weighted by Crippen LogP contribution is 2.42. The third kappa shape index (κ3) is 0.926. The molecule has 4 aliphatic rings. The number of fused-ring (bicyclic) bond motifs is 4. The van der Waals surface area contributed by atoms with Gasteiger partial charge in [0.05, 0.1) is 0 Å². The van der Waals surface area contributed by atoms with Crippen molar-refractivity contribution < 1.29 is 0 Å². The molecule has 0 aliphatic heterocycles. The Morgan fingerprint density at radius 1 is 0.533 bits per heavy atom. The van der Waals surface area contributed by atoms with Gasteiger partial charge in [-0.1, -0.05) is 48.6 Å². The smallest absolute Gasteiger partial charge is 0.0243 e. The van der Waals surface area contributed by atoms with E-state index in [1.54, 1.807) is 0 Å². The van der Waals surface area contributed by atoms with Crippen LogP contribution in [0.1, 0.15) is 0 Å². The van der Waals surface area contributed by atoms with Gasteiger partial charge in [-0.25, -0.2) is 0 Å². The van der Waals surface area contributed by atoms with E-state index in [2.05, 4.69) is 54.3 Å². The summed E-state index contributed by atoms with van der Waals surface area (Å²) in [7, 11) is 0. The first-order valence-electron chi connectivity index (χ1n) is 5.65. The third-order valence-electron chi connectivity index (χ3n) is 3.83. The molecular formula is C15H12. The number of rotatable bonds is 0. The predicted molar refractivity (Wildman–Crippen MR) is 61.1 cm³/mol. The number of hydrogen-bond acceptors (Lipinski definition) is 0. The summed E-state index contributed by atoms with van der Waals surface area (Å²) in [6.07, 6.45) is 18.4. The molecular weight excluding hydrogens is 180 g/mol. The molecule has 0 aromatic heterocycles. The van der Waals surface area contributed by atoms with Crippen LogP contribution < -0.4 is 0 Å². The highest BCUT2D eigenvalue weighted by Gasteiger charge is 2.30. The summed E-state index contributed by atoms with van der Waals surface area (Å²) in [5.41, 5.74) is 6.62. The van der Waals surface area contributed by atoms with E-state index in [1.807, 2.05) is 0 Å². The third-order valence-corrected chi connectivity index (χ3v) is 3.83. The zero-order chi connectivity index (χ0) is 9.83. The van der Waals surface area contributed by atoms with Crippen LogP contribution in [0.5, 0.6) is 0 Å². The predicted octanol–water partition coefficient (Wildman–Crippen LogP) is 3.18. The summed E-state index contributed by atoms with van der Waals surface area (Å²) in [5.74, 6) is 2.18. The van der Waals surface area contributed by atoms with Gasteiger partial charge in [-0.2, -0.15) is 0 Å². The SMILES string of the molecule is C(=C1C2C=CC1C=C2)=C1C2C=CC1C=C2. The van der Waals surface area contributed by atoms with Crippen molar-refractivity contribution in [2.45, 2.75) is 0 Å². The molecule has 0 saturated heterocycles. The van der Waals surface area contributed by atoms with Crippen LogP contribution in [-0.2, 0) is 0 Å². The highest BCUT2D eigenvalue weighted by atomic mass is 14.3. The lowest BCUT2D eigenvalue weighted by molar-refractivity contribution is 0.922. The molecule has 0 heterocycles. The monoisotopic (exact) mass is 192 g/mol. The van der Waals surface area contributed by atoms with Crippen molar-refractivity contribution >= 4 is 0 Å². The van der Waals surface area contributed by atoms with E-state index in [1.165, 1.54) is 11.1 Å². The van der Waals surface area contributed by atoms with Crippen LogP contribution in [0.2, 0.25) is 0 Å². The van der Waals surface area contributed by atoms with Gasteiger partial charge in [0, 0.05) is 23.7 Å². The molecule has 4 aliphatic carbocycles. The van der Waals surface area contributed by atoms with Crippen molar-refractivity contribution in [3.63, 3.8) is 0 Å². The van der Waals surface area contributed by atoms with Crippen molar-refractivity contribution in [2.75, 3.05) is 0 Å². The van der Waals surface area contributed by atoms with Crippen LogP contribution in [0.4, 0.5) is 0 Å². The molecule has 4 rings (SSSR count). The molecule has 0 amide bonds. The topological polar surface area (TPSA) is 0 Å². The Kier molecular flexibility index (Phi) is 1.31. The van der Waals surface area contributed by atoms with Gasteiger partial charge in [0.2, 0.25) is 0 Å². The van der Waals surface area contributed by atoms with Gasteiger partial charge in [-0.3, -0.25) is 0 Å². The van der Waals surface area contributed by atoms with Gasteiger partial charge >= 0.3 is 0 Å². The molecule has 0 aromatic carbocycles. The molecule has 0 unspecified atom stereocenters. The summed E-state index contributed by atoms with van der Waals surface area (Å²) >= 11 is 0. The highest BCUT2D eigenvalue weighted by molar-refractivity contribution is 5.47. The largest absolute Gasteiger partial charge is 0.119 e. The van der Waals surface area contributed by atoms with Crippen molar-refractivity contribution in [2.24, 2.45) is 23.7 Å². The lowest BCUT2D eigenvalue weighted by atomic mass is 9.98. The zero-order valence-electron chi connectivity index (χ0n) is 8.43. The first-order valence-corrected chi connectivity index (χ1v) is 5.65. The second kappa shape index (κ2) is 2.53. The molecule has 0 radical (unpaired) electrons. The fourth-order valence-corrected chi connectivity index (χ4v) is 2.99. The molecule has 72 valence electrons. The summed E-state index contributed by atoms with van der Waals surface area (Å²) in [5, 5.41) is 0. The summed E-state index contributed by atoms with van der Waals surface area (Å²) in [4.78, 5) is 0. The lowest BCUT2D eigenvalue weighted by Gasteiger charge is -2.04. The molecule has 0 spiro atoms. The Hall–Kier alpha value is -1.52. The molecule has 0 saturated carbocycles. The van der Waals surface area contributed by atoms with Crippen LogP contribution in [0, 0.1) is 23.7 Å². The number of allylic oxidation sites excluding steroid dienone is 9. The molecule has 0 atom stereocenters. The van der Waals surface area contributed by atoms with E-state index < -0.39 is 0 Å². The van der Waals surface area contributed by atoms with Gasteiger partial charge in [-0.15, -0.1) is 5.73 Å². The minimum Gasteiger partial charge on any atom is -0.119 e. The molecule has 0 fully saturated rings. The van der Waals surface area contributed by atoms with Gasteiger partial charge in [0.25, 0.3) is 0 Å². The van der Waals surface area contributed by atoms with E-state index in [4.69, 9.17) is 0 Å². The molecule has 0 nitrogen and oxygen atoms in total. The normalized spacial score (nSPS) is 42.4. The quantitative estimate of drug-likeness (QED) is 0.408. The van der Waals surface area contributed by atoms with Crippen molar-refractivity contribution in [1.82, 2.24) is 0 Å². The summed E-state index contributed by atoms with van der Waals surface area (Å²) in [6.45, 7) is 0. The molecule has 0 aromatic rings. The fraction of sp³-hybridized carbons (Fsp3) is 0.267. The van der Waals surface area contributed by atoms with Crippen LogP contribution in [0.15, 0.2) is 65.5 Å². The zero-order valence-corrected chi connectivity index (χ0v) is 8.43. The molecule has 0 N–H and O–H groups in total. The van der Waals surface area contributed by atoms with Gasteiger partial charge in [0.15, 0.2) is 0 Å². The maximum absolute atomic E-state index is 3.69. The number of hydrogen-bond donors (Lipinski definition) is 0. The second-order valence-electron chi connectivity index (χ2n) is 4.68. The van der Waals surface area contributed by atoms with Crippen LogP contribution in [0.25, 0.3) is 0 Å². The maximum Gasteiger partial charge on any atom is 0.0243 e. The minimum absolute atomic E-state index is 0.544. The Morgan fingerprint density at radius 2 is 0.800 bits per heavy atom. The Morgan fingerprint density at radius 3 is 1.07 bits per heavy atom. The van der Waals surface area contributed by atoms with Crippen molar-refractivity contribution in [3.05, 3.63) is 65.5 Å². The summed E-state index contributed by atoms with van der Waals surface area (Å²) in [6, 6.07) is 0. The standard InChI is InChI=1S/C15H12/c1-2-11-4-3-10(1)14(11)9-15-12-5-6-13(15)8-7-12/h1-8,10-13H. The molecule has 4 bridgehead atoms. The average Bonchev–Trinajstić information content (AvgIpc) is 3.03. The molecule has 15 heavy (non-hydrogen) atoms. The van der Waals surface area contributed by atoms with Gasteiger partial charge < -0.3 is 0 Å². The fourth-order valence-electron chi connectivity index (χ4n) is 2.99. The van der Waals surface area contributed by atoms with Crippen LogP contribution in [-0.4, -0.2) is 0 Å². The maximum atomic E-state index is 3.69. The van der Waals surface area contributed by atoms with E-state index >= 15 is 0 Å². The minimum atomic E-state index is 0.544. The Balaban J connectivity index is 1.83. The van der Waals surface area contributed by atoms with E-state index in [0.717, 1.165) is 0 Å². The Bertz CT molecular complexity index is 396. The summed E-state index contributed by atoms with van der Waals surface area (Å²) < 4.78 is 0. The van der Waals surface area contributed by atoms with E-state index in [9.17, 15) is 0 Å². The second-order valence-corrected chi connectivity index (χ2v) is 4.68. The average molecular weight is 192 g/mol. The van der Waals surface area contributed by atoms with Crippen molar-refractivity contribution in [3.8, 4) is 0 Å². The first-order chi connectivity index (χ1) is 7.42. The molecule has 0 heteroatoms. The van der Waals surface area contributed by atoms with Crippen LogP contribution >= 0.6 is 0 Å². The Labute approximate surface area is 89.7 Å².